The lowest BCUT2D eigenvalue weighted by atomic mass is 10.1. The molecule has 0 atom stereocenters. The summed E-state index contributed by atoms with van der Waals surface area (Å²) in [4.78, 5) is 14.5. The Hall–Kier alpha value is -4.36. The van der Waals surface area contributed by atoms with Gasteiger partial charge in [0.15, 0.2) is 0 Å². The quantitative estimate of drug-likeness (QED) is 0.171. The van der Waals surface area contributed by atoms with E-state index < -0.39 is 0 Å². The molecule has 7 heteroatoms. The number of para-hydroxylation sites is 1. The highest BCUT2D eigenvalue weighted by atomic mass is 32.1. The van der Waals surface area contributed by atoms with Crippen molar-refractivity contribution in [3.8, 4) is 21.8 Å². The highest BCUT2D eigenvalue weighted by Gasteiger charge is 2.24. The van der Waals surface area contributed by atoms with Crippen molar-refractivity contribution in [3.63, 3.8) is 0 Å². The number of piperazine rings is 1. The molecule has 4 nitrogen and oxygen atoms in total. The third kappa shape index (κ3) is 5.45. The first-order valence-corrected chi connectivity index (χ1v) is 13.7. The van der Waals surface area contributed by atoms with Crippen molar-refractivity contribution >= 4 is 27.9 Å². The highest BCUT2D eigenvalue weighted by Crippen LogP contribution is 2.40. The molecule has 2 heterocycles. The number of rotatable bonds is 5. The first-order valence-electron chi connectivity index (χ1n) is 12.9. The van der Waals surface area contributed by atoms with Crippen molar-refractivity contribution in [2.45, 2.75) is 0 Å². The van der Waals surface area contributed by atoms with Crippen LogP contribution in [-0.2, 0) is 0 Å². The Balaban J connectivity index is 1.39. The van der Waals surface area contributed by atoms with E-state index in [4.69, 9.17) is 9.98 Å². The fraction of sp³-hybridized carbons (Fsp3) is 0.125. The zero-order valence-electron chi connectivity index (χ0n) is 21.2. The largest absolute Gasteiger partial charge is 0.366 e. The Morgan fingerprint density at radius 3 is 2.03 bits per heavy atom. The zero-order valence-corrected chi connectivity index (χ0v) is 22.0. The molecule has 0 radical (unpaired) electrons. The van der Waals surface area contributed by atoms with Gasteiger partial charge < -0.3 is 9.80 Å². The lowest BCUT2D eigenvalue weighted by Crippen LogP contribution is -2.49. The molecule has 0 unspecified atom stereocenters. The summed E-state index contributed by atoms with van der Waals surface area (Å²) in [6.07, 6.45) is 0. The SMILES string of the molecule is Fc1ccc(-c2nc(-c3ccccc3)c(/N=C(/c3ccccc3)N3CCN(c4ccccc4F)CC3)s2)cc1. The Kier molecular flexibility index (Phi) is 7.15. The third-order valence-corrected chi connectivity index (χ3v) is 7.76. The smallest absolute Gasteiger partial charge is 0.146 e. The van der Waals surface area contributed by atoms with Crippen LogP contribution in [0.25, 0.3) is 21.8 Å². The standard InChI is InChI=1S/C32H26F2N4S/c33-26-17-15-25(16-18-26)31-35-29(23-9-3-1-4-10-23)32(39-31)36-30(24-11-5-2-6-12-24)38-21-19-37(20-22-38)28-14-8-7-13-27(28)34/h1-18H,19-22H2/b36-30-. The fourth-order valence-electron chi connectivity index (χ4n) is 4.76. The average molecular weight is 537 g/mol. The Labute approximate surface area is 230 Å². The molecule has 0 bridgehead atoms. The normalized spacial score (nSPS) is 14.1. The Morgan fingerprint density at radius 2 is 1.33 bits per heavy atom. The predicted molar refractivity (Wildman–Crippen MR) is 156 cm³/mol. The molecule has 5 aromatic rings. The van der Waals surface area contributed by atoms with Gasteiger partial charge in [0, 0.05) is 42.9 Å². The minimum Gasteiger partial charge on any atom is -0.366 e. The van der Waals surface area contributed by atoms with Gasteiger partial charge in [-0.1, -0.05) is 84.1 Å². The van der Waals surface area contributed by atoms with Crippen LogP contribution in [0.5, 0.6) is 0 Å². The van der Waals surface area contributed by atoms with E-state index in [1.807, 2.05) is 60.7 Å². The van der Waals surface area contributed by atoms with E-state index in [0.29, 0.717) is 31.9 Å². The van der Waals surface area contributed by atoms with Crippen LogP contribution in [0.1, 0.15) is 5.56 Å². The molecule has 1 fully saturated rings. The number of hydrogen-bond acceptors (Lipinski definition) is 4. The number of benzene rings is 4. The molecule has 0 spiro atoms. The second-order valence-electron chi connectivity index (χ2n) is 9.27. The molecular weight excluding hydrogens is 510 g/mol. The number of aromatic nitrogens is 1. The van der Waals surface area contributed by atoms with Crippen LogP contribution < -0.4 is 4.90 Å². The van der Waals surface area contributed by atoms with E-state index in [-0.39, 0.29) is 11.6 Å². The van der Waals surface area contributed by atoms with Crippen LogP contribution >= 0.6 is 11.3 Å². The molecule has 6 rings (SSSR count). The molecule has 39 heavy (non-hydrogen) atoms. The van der Waals surface area contributed by atoms with Gasteiger partial charge in [-0.05, 0) is 36.4 Å². The lowest BCUT2D eigenvalue weighted by molar-refractivity contribution is 0.384. The molecule has 1 saturated heterocycles. The average Bonchev–Trinajstić information content (AvgIpc) is 3.41. The van der Waals surface area contributed by atoms with Gasteiger partial charge >= 0.3 is 0 Å². The minimum atomic E-state index is -0.280. The molecule has 0 aliphatic carbocycles. The summed E-state index contributed by atoms with van der Waals surface area (Å²) in [6.45, 7) is 2.77. The number of amidine groups is 1. The third-order valence-electron chi connectivity index (χ3n) is 6.76. The van der Waals surface area contributed by atoms with Crippen LogP contribution in [0, 0.1) is 11.6 Å². The van der Waals surface area contributed by atoms with Crippen LogP contribution in [0.15, 0.2) is 114 Å². The summed E-state index contributed by atoms with van der Waals surface area (Å²) in [5.41, 5.74) is 4.25. The number of aliphatic imine (C=N–C) groups is 1. The number of thiazole rings is 1. The van der Waals surface area contributed by atoms with Crippen molar-refractivity contribution in [1.82, 2.24) is 9.88 Å². The molecule has 0 saturated carbocycles. The minimum absolute atomic E-state index is 0.201. The monoisotopic (exact) mass is 536 g/mol. The van der Waals surface area contributed by atoms with Gasteiger partial charge in [0.05, 0.1) is 5.69 Å². The maximum absolute atomic E-state index is 14.4. The fourth-order valence-corrected chi connectivity index (χ4v) is 5.72. The molecule has 1 aliphatic rings. The zero-order chi connectivity index (χ0) is 26.6. The predicted octanol–water partition coefficient (Wildman–Crippen LogP) is 7.66. The van der Waals surface area contributed by atoms with E-state index in [2.05, 4.69) is 21.9 Å². The second kappa shape index (κ2) is 11.2. The van der Waals surface area contributed by atoms with Crippen LogP contribution in [0.3, 0.4) is 0 Å². The summed E-state index contributed by atoms with van der Waals surface area (Å²) in [5, 5.41) is 1.57. The number of hydrogen-bond donors (Lipinski definition) is 0. The molecule has 4 aromatic carbocycles. The summed E-state index contributed by atoms with van der Waals surface area (Å²) in [7, 11) is 0. The van der Waals surface area contributed by atoms with Gasteiger partial charge in [-0.25, -0.2) is 18.8 Å². The van der Waals surface area contributed by atoms with Gasteiger partial charge in [-0.3, -0.25) is 0 Å². The molecule has 1 aromatic heterocycles. The van der Waals surface area contributed by atoms with Gasteiger partial charge in [0.25, 0.3) is 0 Å². The molecule has 0 N–H and O–H groups in total. The maximum atomic E-state index is 14.4. The van der Waals surface area contributed by atoms with Crippen LogP contribution in [0.2, 0.25) is 0 Å². The van der Waals surface area contributed by atoms with Crippen molar-refractivity contribution in [2.75, 3.05) is 31.1 Å². The van der Waals surface area contributed by atoms with Gasteiger partial charge in [-0.15, -0.1) is 0 Å². The highest BCUT2D eigenvalue weighted by molar-refractivity contribution is 7.19. The summed E-state index contributed by atoms with van der Waals surface area (Å²) in [6, 6.07) is 33.5. The van der Waals surface area contributed by atoms with Gasteiger partial charge in [0.1, 0.15) is 33.2 Å². The first-order chi connectivity index (χ1) is 19.2. The number of nitrogens with zero attached hydrogens (tertiary/aromatic N) is 4. The Bertz CT molecular complexity index is 1580. The van der Waals surface area contributed by atoms with E-state index in [1.165, 1.54) is 29.5 Å². The van der Waals surface area contributed by atoms with Crippen molar-refractivity contribution in [3.05, 3.63) is 126 Å². The van der Waals surface area contributed by atoms with E-state index in [1.54, 1.807) is 18.2 Å². The molecule has 0 amide bonds. The summed E-state index contributed by atoms with van der Waals surface area (Å²) in [5.74, 6) is 0.376. The van der Waals surface area contributed by atoms with E-state index in [0.717, 1.165) is 38.2 Å². The summed E-state index contributed by atoms with van der Waals surface area (Å²) >= 11 is 1.49. The van der Waals surface area contributed by atoms with Crippen molar-refractivity contribution < 1.29 is 8.78 Å². The molecule has 194 valence electrons. The van der Waals surface area contributed by atoms with Crippen molar-refractivity contribution in [2.24, 2.45) is 4.99 Å². The maximum Gasteiger partial charge on any atom is 0.146 e. The van der Waals surface area contributed by atoms with Crippen LogP contribution in [-0.4, -0.2) is 41.9 Å². The number of anilines is 1. The topological polar surface area (TPSA) is 31.7 Å². The van der Waals surface area contributed by atoms with E-state index in [9.17, 15) is 8.78 Å². The second-order valence-corrected chi connectivity index (χ2v) is 10.3. The molecule has 1 aliphatic heterocycles. The number of halogens is 2. The first kappa shape index (κ1) is 24.9. The summed E-state index contributed by atoms with van der Waals surface area (Å²) < 4.78 is 28.1. The van der Waals surface area contributed by atoms with Crippen LogP contribution in [0.4, 0.5) is 19.5 Å². The van der Waals surface area contributed by atoms with Crippen molar-refractivity contribution in [1.29, 1.82) is 0 Å². The van der Waals surface area contributed by atoms with Gasteiger partial charge in [0.2, 0.25) is 0 Å². The Morgan fingerprint density at radius 1 is 0.692 bits per heavy atom. The lowest BCUT2D eigenvalue weighted by Gasteiger charge is -2.38. The van der Waals surface area contributed by atoms with Gasteiger partial charge in [-0.2, -0.15) is 0 Å². The molecular formula is C32H26F2N4S. The van der Waals surface area contributed by atoms with E-state index >= 15 is 0 Å².